The van der Waals surface area contributed by atoms with Crippen molar-refractivity contribution in [3.63, 3.8) is 0 Å². The minimum absolute atomic E-state index is 0.0147. The van der Waals surface area contributed by atoms with Crippen molar-refractivity contribution in [3.05, 3.63) is 78.0 Å². The Morgan fingerprint density at radius 1 is 1.26 bits per heavy atom. The summed E-state index contributed by atoms with van der Waals surface area (Å²) in [5.41, 5.74) is 2.05. The van der Waals surface area contributed by atoms with Crippen LogP contribution >= 0.6 is 0 Å². The van der Waals surface area contributed by atoms with Crippen LogP contribution in [-0.2, 0) is 18.3 Å². The molecule has 2 aromatic heterocycles. The summed E-state index contributed by atoms with van der Waals surface area (Å²) in [6.07, 6.45) is 6.41. The third-order valence-corrected chi connectivity index (χ3v) is 3.67. The van der Waals surface area contributed by atoms with Gasteiger partial charge in [0.1, 0.15) is 11.8 Å². The first kappa shape index (κ1) is 15.1. The Balaban J connectivity index is 1.67. The lowest BCUT2D eigenvalue weighted by molar-refractivity contribution is -0.121. The fourth-order valence-electron chi connectivity index (χ4n) is 2.51. The van der Waals surface area contributed by atoms with E-state index in [2.05, 4.69) is 10.4 Å². The van der Waals surface area contributed by atoms with Crippen molar-refractivity contribution < 1.29 is 9.21 Å². The zero-order chi connectivity index (χ0) is 16.1. The molecule has 0 bridgehead atoms. The number of hydrogen-bond donors (Lipinski definition) is 1. The highest BCUT2D eigenvalue weighted by atomic mass is 16.3. The predicted molar refractivity (Wildman–Crippen MR) is 86.7 cm³/mol. The van der Waals surface area contributed by atoms with Crippen LogP contribution in [0.1, 0.15) is 29.3 Å². The monoisotopic (exact) mass is 309 g/mol. The molecule has 5 nitrogen and oxygen atoms in total. The van der Waals surface area contributed by atoms with E-state index in [1.807, 2.05) is 55.7 Å². The largest absolute Gasteiger partial charge is 0.467 e. The Bertz CT molecular complexity index is 748. The van der Waals surface area contributed by atoms with Gasteiger partial charge in [0.25, 0.3) is 0 Å². The standard InChI is InChI=1S/C18H19N3O2/c1-21-13-14(12-19-21)9-10-17(22)20-18(16-8-5-11-23-16)15-6-3-2-4-7-15/h2-8,11-13,18H,9-10H2,1H3,(H,20,22). The lowest BCUT2D eigenvalue weighted by Crippen LogP contribution is -2.29. The third kappa shape index (κ3) is 3.88. The molecule has 23 heavy (non-hydrogen) atoms. The maximum absolute atomic E-state index is 12.3. The highest BCUT2D eigenvalue weighted by molar-refractivity contribution is 5.77. The van der Waals surface area contributed by atoms with Crippen LogP contribution in [0.25, 0.3) is 0 Å². The molecule has 3 aromatic rings. The molecule has 1 unspecified atom stereocenters. The third-order valence-electron chi connectivity index (χ3n) is 3.67. The second kappa shape index (κ2) is 6.96. The Hall–Kier alpha value is -2.82. The van der Waals surface area contributed by atoms with E-state index >= 15 is 0 Å². The van der Waals surface area contributed by atoms with Gasteiger partial charge in [-0.3, -0.25) is 9.48 Å². The van der Waals surface area contributed by atoms with Crippen molar-refractivity contribution in [3.8, 4) is 0 Å². The first-order chi connectivity index (χ1) is 11.2. The summed E-state index contributed by atoms with van der Waals surface area (Å²) < 4.78 is 7.23. The molecular formula is C18H19N3O2. The Morgan fingerprint density at radius 2 is 2.09 bits per heavy atom. The number of amides is 1. The van der Waals surface area contributed by atoms with Crippen LogP contribution < -0.4 is 5.32 Å². The summed E-state index contributed by atoms with van der Waals surface area (Å²) in [4.78, 5) is 12.3. The van der Waals surface area contributed by atoms with Crippen LogP contribution in [0.2, 0.25) is 0 Å². The summed E-state index contributed by atoms with van der Waals surface area (Å²) in [6, 6.07) is 13.2. The molecule has 0 fully saturated rings. The van der Waals surface area contributed by atoms with Crippen molar-refractivity contribution in [2.24, 2.45) is 7.05 Å². The fraction of sp³-hybridized carbons (Fsp3) is 0.222. The van der Waals surface area contributed by atoms with Crippen molar-refractivity contribution >= 4 is 5.91 Å². The first-order valence-corrected chi connectivity index (χ1v) is 7.57. The van der Waals surface area contributed by atoms with E-state index in [0.717, 1.165) is 16.9 Å². The van der Waals surface area contributed by atoms with Gasteiger partial charge in [-0.15, -0.1) is 0 Å². The van der Waals surface area contributed by atoms with E-state index in [4.69, 9.17) is 4.42 Å². The molecule has 3 rings (SSSR count). The minimum Gasteiger partial charge on any atom is -0.467 e. The molecule has 0 radical (unpaired) electrons. The number of hydrogen-bond acceptors (Lipinski definition) is 3. The number of nitrogens with one attached hydrogen (secondary N) is 1. The maximum Gasteiger partial charge on any atom is 0.221 e. The number of benzene rings is 1. The van der Waals surface area contributed by atoms with Gasteiger partial charge < -0.3 is 9.73 Å². The van der Waals surface area contributed by atoms with Crippen LogP contribution in [0.15, 0.2) is 65.5 Å². The van der Waals surface area contributed by atoms with Crippen molar-refractivity contribution in [2.45, 2.75) is 18.9 Å². The second-order valence-corrected chi connectivity index (χ2v) is 5.45. The van der Waals surface area contributed by atoms with E-state index < -0.39 is 0 Å². The smallest absolute Gasteiger partial charge is 0.221 e. The molecule has 0 spiro atoms. The topological polar surface area (TPSA) is 60.1 Å². The summed E-state index contributed by atoms with van der Waals surface area (Å²) in [6.45, 7) is 0. The summed E-state index contributed by atoms with van der Waals surface area (Å²) >= 11 is 0. The van der Waals surface area contributed by atoms with Gasteiger partial charge in [0, 0.05) is 19.7 Å². The molecule has 0 aliphatic heterocycles. The highest BCUT2D eigenvalue weighted by Gasteiger charge is 2.19. The highest BCUT2D eigenvalue weighted by Crippen LogP contribution is 2.22. The van der Waals surface area contributed by atoms with E-state index in [9.17, 15) is 4.79 Å². The maximum atomic E-state index is 12.3. The second-order valence-electron chi connectivity index (χ2n) is 5.45. The van der Waals surface area contributed by atoms with Crippen molar-refractivity contribution in [2.75, 3.05) is 0 Å². The first-order valence-electron chi connectivity index (χ1n) is 7.57. The lowest BCUT2D eigenvalue weighted by Gasteiger charge is -2.17. The average Bonchev–Trinajstić information content (AvgIpc) is 3.23. The number of aromatic nitrogens is 2. The molecule has 1 aromatic carbocycles. The van der Waals surface area contributed by atoms with Gasteiger partial charge in [-0.25, -0.2) is 0 Å². The fourth-order valence-corrected chi connectivity index (χ4v) is 2.51. The van der Waals surface area contributed by atoms with E-state index in [1.54, 1.807) is 17.1 Å². The molecule has 1 amide bonds. The predicted octanol–water partition coefficient (Wildman–Crippen LogP) is 2.85. The minimum atomic E-state index is -0.271. The van der Waals surface area contributed by atoms with Crippen LogP contribution in [-0.4, -0.2) is 15.7 Å². The molecule has 0 saturated carbocycles. The summed E-state index contributed by atoms with van der Waals surface area (Å²) in [7, 11) is 1.87. The summed E-state index contributed by atoms with van der Waals surface area (Å²) in [5, 5.41) is 7.17. The number of carbonyl (C=O) groups excluding carboxylic acids is 1. The van der Waals surface area contributed by atoms with Gasteiger partial charge in [-0.1, -0.05) is 30.3 Å². The Morgan fingerprint density at radius 3 is 2.74 bits per heavy atom. The normalized spacial score (nSPS) is 12.0. The summed E-state index contributed by atoms with van der Waals surface area (Å²) in [5.74, 6) is 0.713. The Kier molecular flexibility index (Phi) is 4.57. The van der Waals surface area contributed by atoms with Crippen LogP contribution in [0.4, 0.5) is 0 Å². The van der Waals surface area contributed by atoms with Gasteiger partial charge in [-0.05, 0) is 29.7 Å². The van der Waals surface area contributed by atoms with Crippen LogP contribution in [0.3, 0.4) is 0 Å². The van der Waals surface area contributed by atoms with Gasteiger partial charge in [-0.2, -0.15) is 5.10 Å². The zero-order valence-electron chi connectivity index (χ0n) is 13.0. The molecule has 2 heterocycles. The average molecular weight is 309 g/mol. The van der Waals surface area contributed by atoms with Gasteiger partial charge in [0.2, 0.25) is 5.91 Å². The van der Waals surface area contributed by atoms with Crippen molar-refractivity contribution in [1.82, 2.24) is 15.1 Å². The number of aryl methyl sites for hydroxylation is 2. The van der Waals surface area contributed by atoms with E-state index in [1.165, 1.54) is 0 Å². The van der Waals surface area contributed by atoms with Gasteiger partial charge in [0.15, 0.2) is 0 Å². The van der Waals surface area contributed by atoms with Crippen molar-refractivity contribution in [1.29, 1.82) is 0 Å². The molecule has 0 aliphatic carbocycles. The molecule has 118 valence electrons. The number of carbonyl (C=O) groups is 1. The number of nitrogens with zero attached hydrogens (tertiary/aromatic N) is 2. The molecule has 0 saturated heterocycles. The molecule has 5 heteroatoms. The van der Waals surface area contributed by atoms with Gasteiger partial charge in [0.05, 0.1) is 12.5 Å². The van der Waals surface area contributed by atoms with Crippen LogP contribution in [0.5, 0.6) is 0 Å². The van der Waals surface area contributed by atoms with E-state index in [-0.39, 0.29) is 11.9 Å². The molecular weight excluding hydrogens is 290 g/mol. The molecule has 0 aliphatic rings. The lowest BCUT2D eigenvalue weighted by atomic mass is 10.0. The Labute approximate surface area is 134 Å². The number of rotatable bonds is 6. The SMILES string of the molecule is Cn1cc(CCC(=O)NC(c2ccccc2)c2ccco2)cn1. The molecule has 1 atom stereocenters. The van der Waals surface area contributed by atoms with Gasteiger partial charge >= 0.3 is 0 Å². The van der Waals surface area contributed by atoms with Crippen LogP contribution in [0, 0.1) is 0 Å². The molecule has 1 N–H and O–H groups in total. The van der Waals surface area contributed by atoms with E-state index in [0.29, 0.717) is 12.8 Å². The zero-order valence-corrected chi connectivity index (χ0v) is 13.0. The quantitative estimate of drug-likeness (QED) is 0.761. The number of furan rings is 1.